The molecule has 0 aliphatic carbocycles. The number of phenols is 2. The van der Waals surface area contributed by atoms with E-state index in [9.17, 15) is 10.2 Å². The molecule has 5 heteroatoms. The molecule has 0 bridgehead atoms. The predicted molar refractivity (Wildman–Crippen MR) is 49.5 cm³/mol. The molecule has 0 spiro atoms. The summed E-state index contributed by atoms with van der Waals surface area (Å²) in [4.78, 5) is 3.93. The number of amidine groups is 1. The quantitative estimate of drug-likeness (QED) is 0.345. The van der Waals surface area contributed by atoms with Crippen molar-refractivity contribution < 1.29 is 10.2 Å². The molecule has 0 amide bonds. The van der Waals surface area contributed by atoms with Crippen molar-refractivity contribution in [3.05, 3.63) is 12.1 Å². The van der Waals surface area contributed by atoms with Crippen LogP contribution in [0.4, 0.5) is 11.4 Å². The summed E-state index contributed by atoms with van der Waals surface area (Å²) in [5.41, 5.74) is 6.18. The number of nitrogens with one attached hydrogen (secondary N) is 1. The first-order chi connectivity index (χ1) is 6.18. The third-order valence-corrected chi connectivity index (χ3v) is 1.84. The number of benzene rings is 1. The van der Waals surface area contributed by atoms with Crippen molar-refractivity contribution in [2.24, 2.45) is 10.7 Å². The second-order valence-electron chi connectivity index (χ2n) is 2.78. The van der Waals surface area contributed by atoms with Gasteiger partial charge >= 0.3 is 0 Å². The number of anilines is 1. The van der Waals surface area contributed by atoms with Crippen molar-refractivity contribution in [1.29, 1.82) is 0 Å². The normalized spacial score (nSPS) is 14.3. The van der Waals surface area contributed by atoms with Crippen LogP contribution >= 0.6 is 0 Å². The molecule has 0 saturated heterocycles. The van der Waals surface area contributed by atoms with Crippen LogP contribution in [0.1, 0.15) is 0 Å². The number of nitrogens with two attached hydrogens (primary N) is 1. The zero-order chi connectivity index (χ0) is 9.42. The number of nitrogens with zero attached hydrogens (tertiary/aromatic N) is 1. The van der Waals surface area contributed by atoms with Crippen LogP contribution in [0.2, 0.25) is 0 Å². The van der Waals surface area contributed by atoms with Crippen LogP contribution in [0.3, 0.4) is 0 Å². The monoisotopic (exact) mass is 179 g/mol. The van der Waals surface area contributed by atoms with E-state index in [4.69, 9.17) is 5.73 Å². The summed E-state index contributed by atoms with van der Waals surface area (Å²) in [6, 6.07) is 2.77. The molecule has 1 aromatic carbocycles. The molecular formula is C8H9N3O2. The molecule has 5 nitrogen and oxygen atoms in total. The summed E-state index contributed by atoms with van der Waals surface area (Å²) in [6.07, 6.45) is 0. The van der Waals surface area contributed by atoms with Gasteiger partial charge in [0.1, 0.15) is 28.7 Å². The maximum atomic E-state index is 9.38. The van der Waals surface area contributed by atoms with Crippen LogP contribution < -0.4 is 11.1 Å². The number of fused-ring (bicyclic) bond motifs is 1. The highest BCUT2D eigenvalue weighted by Gasteiger charge is 2.16. The molecule has 0 fully saturated rings. The molecule has 0 unspecified atom stereocenters. The average Bonchev–Trinajstić information content (AvgIpc) is 2.12. The standard InChI is InChI=1S/C8H9N3O2/c9-6-3-10-7-4(12)1-2-5(13)8(7)11-6/h1-2,10,12-13H,3H2,(H2,9,11). The van der Waals surface area contributed by atoms with Gasteiger partial charge in [-0.25, -0.2) is 4.99 Å². The Morgan fingerprint density at radius 3 is 2.77 bits per heavy atom. The number of hydrogen-bond donors (Lipinski definition) is 4. The van der Waals surface area contributed by atoms with Crippen molar-refractivity contribution in [3.63, 3.8) is 0 Å². The summed E-state index contributed by atoms with van der Waals surface area (Å²) in [5.74, 6) is 0.445. The molecule has 13 heavy (non-hydrogen) atoms. The third kappa shape index (κ3) is 1.14. The van der Waals surface area contributed by atoms with Gasteiger partial charge in [0.05, 0.1) is 6.54 Å². The molecule has 0 radical (unpaired) electrons. The second-order valence-corrected chi connectivity index (χ2v) is 2.78. The second kappa shape index (κ2) is 2.55. The fourth-order valence-electron chi connectivity index (χ4n) is 1.22. The molecule has 1 aliphatic heterocycles. The van der Waals surface area contributed by atoms with Crippen LogP contribution in [0.5, 0.6) is 11.5 Å². The van der Waals surface area contributed by atoms with E-state index in [-0.39, 0.29) is 11.5 Å². The van der Waals surface area contributed by atoms with Gasteiger partial charge in [-0.3, -0.25) is 0 Å². The molecule has 0 atom stereocenters. The zero-order valence-electron chi connectivity index (χ0n) is 6.78. The minimum absolute atomic E-state index is 0.00273. The van der Waals surface area contributed by atoms with Gasteiger partial charge in [-0.1, -0.05) is 0 Å². The number of rotatable bonds is 0. The van der Waals surface area contributed by atoms with E-state index in [0.717, 1.165) is 0 Å². The van der Waals surface area contributed by atoms with Crippen LogP contribution in [0.25, 0.3) is 0 Å². The van der Waals surface area contributed by atoms with Gasteiger partial charge in [-0.2, -0.15) is 0 Å². The number of hydrogen-bond acceptors (Lipinski definition) is 5. The molecule has 68 valence electrons. The van der Waals surface area contributed by atoms with Crippen LogP contribution in [0, 0.1) is 0 Å². The third-order valence-electron chi connectivity index (χ3n) is 1.84. The Bertz CT molecular complexity index is 387. The molecule has 1 heterocycles. The summed E-state index contributed by atoms with van der Waals surface area (Å²) < 4.78 is 0. The minimum atomic E-state index is 0.00273. The van der Waals surface area contributed by atoms with Crippen LogP contribution in [-0.4, -0.2) is 22.6 Å². The molecule has 1 aliphatic rings. The number of aromatic hydroxyl groups is 2. The van der Waals surface area contributed by atoms with Gasteiger partial charge in [0.2, 0.25) is 0 Å². The van der Waals surface area contributed by atoms with E-state index in [1.807, 2.05) is 0 Å². The Hall–Kier alpha value is -1.91. The maximum absolute atomic E-state index is 9.38. The van der Waals surface area contributed by atoms with E-state index in [1.54, 1.807) is 0 Å². The van der Waals surface area contributed by atoms with E-state index in [1.165, 1.54) is 12.1 Å². The van der Waals surface area contributed by atoms with Crippen molar-refractivity contribution in [3.8, 4) is 11.5 Å². The zero-order valence-corrected chi connectivity index (χ0v) is 6.78. The highest BCUT2D eigenvalue weighted by molar-refractivity contribution is 5.95. The van der Waals surface area contributed by atoms with E-state index >= 15 is 0 Å². The summed E-state index contributed by atoms with van der Waals surface area (Å²) >= 11 is 0. The highest BCUT2D eigenvalue weighted by Crippen LogP contribution is 2.42. The fourth-order valence-corrected chi connectivity index (χ4v) is 1.22. The van der Waals surface area contributed by atoms with E-state index in [2.05, 4.69) is 10.3 Å². The summed E-state index contributed by atoms with van der Waals surface area (Å²) in [6.45, 7) is 0.379. The lowest BCUT2D eigenvalue weighted by atomic mass is 10.2. The summed E-state index contributed by atoms with van der Waals surface area (Å²) in [7, 11) is 0. The Balaban J connectivity index is 2.65. The molecular weight excluding hydrogens is 170 g/mol. The first-order valence-corrected chi connectivity index (χ1v) is 3.80. The topological polar surface area (TPSA) is 90.9 Å². The summed E-state index contributed by atoms with van der Waals surface area (Å²) in [5, 5.41) is 21.6. The molecule has 0 saturated carbocycles. The van der Waals surface area contributed by atoms with Crippen molar-refractivity contribution >= 4 is 17.2 Å². The fraction of sp³-hybridized carbons (Fsp3) is 0.125. The van der Waals surface area contributed by atoms with E-state index in [0.29, 0.717) is 23.8 Å². The van der Waals surface area contributed by atoms with Crippen molar-refractivity contribution in [2.45, 2.75) is 0 Å². The SMILES string of the molecule is NC1=Nc2c(O)ccc(O)c2NC1. The predicted octanol–water partition coefficient (Wildman–Crippen LogP) is 0.512. The first-order valence-electron chi connectivity index (χ1n) is 3.80. The lowest BCUT2D eigenvalue weighted by Gasteiger charge is -2.16. The van der Waals surface area contributed by atoms with Crippen molar-refractivity contribution in [2.75, 3.05) is 11.9 Å². The largest absolute Gasteiger partial charge is 0.506 e. The maximum Gasteiger partial charge on any atom is 0.143 e. The number of phenolic OH excluding ortho intramolecular Hbond substituents is 2. The molecule has 1 aromatic rings. The smallest absolute Gasteiger partial charge is 0.143 e. The molecule has 0 aromatic heterocycles. The van der Waals surface area contributed by atoms with Gasteiger partial charge in [0.25, 0.3) is 0 Å². The van der Waals surface area contributed by atoms with Gasteiger partial charge in [-0.05, 0) is 12.1 Å². The average molecular weight is 179 g/mol. The first kappa shape index (κ1) is 7.72. The Morgan fingerprint density at radius 2 is 2.00 bits per heavy atom. The van der Waals surface area contributed by atoms with Gasteiger partial charge in [-0.15, -0.1) is 0 Å². The van der Waals surface area contributed by atoms with Gasteiger partial charge < -0.3 is 21.3 Å². The Morgan fingerprint density at radius 1 is 1.31 bits per heavy atom. The molecule has 2 rings (SSSR count). The lowest BCUT2D eigenvalue weighted by molar-refractivity contribution is 0.463. The van der Waals surface area contributed by atoms with Gasteiger partial charge in [0.15, 0.2) is 0 Å². The minimum Gasteiger partial charge on any atom is -0.506 e. The van der Waals surface area contributed by atoms with Gasteiger partial charge in [0, 0.05) is 0 Å². The van der Waals surface area contributed by atoms with E-state index < -0.39 is 0 Å². The Kier molecular flexibility index (Phi) is 1.51. The highest BCUT2D eigenvalue weighted by atomic mass is 16.3. The Labute approximate surface area is 74.5 Å². The van der Waals surface area contributed by atoms with Crippen LogP contribution in [0.15, 0.2) is 17.1 Å². The number of aliphatic imine (C=N–C) groups is 1. The van der Waals surface area contributed by atoms with Crippen molar-refractivity contribution in [1.82, 2.24) is 0 Å². The molecule has 5 N–H and O–H groups in total. The van der Waals surface area contributed by atoms with Crippen LogP contribution in [-0.2, 0) is 0 Å². The lowest BCUT2D eigenvalue weighted by Crippen LogP contribution is -2.25.